The second-order valence-corrected chi connectivity index (χ2v) is 2.87. The molecule has 3 nitrogen and oxygen atoms in total. The fourth-order valence-corrected chi connectivity index (χ4v) is 1.36. The van der Waals surface area contributed by atoms with Crippen LogP contribution in [0.2, 0.25) is 0 Å². The summed E-state index contributed by atoms with van der Waals surface area (Å²) >= 11 is 0. The summed E-state index contributed by atoms with van der Waals surface area (Å²) in [6.45, 7) is 3.45. The standard InChI is InChI=1S/C8H11BO3/c1-5-3-7(10)4-6(2)8(5)9(11)12/h3-4,10-12H,1-2H3. The number of phenolic OH excluding ortho intramolecular Hbond substituents is 1. The lowest BCUT2D eigenvalue weighted by Gasteiger charge is -2.08. The first-order valence-electron chi connectivity index (χ1n) is 3.68. The van der Waals surface area contributed by atoms with E-state index in [1.807, 2.05) is 0 Å². The summed E-state index contributed by atoms with van der Waals surface area (Å²) in [5.74, 6) is 0.148. The minimum atomic E-state index is -1.47. The third-order valence-corrected chi connectivity index (χ3v) is 1.84. The molecule has 0 spiro atoms. The first-order valence-corrected chi connectivity index (χ1v) is 3.68. The highest BCUT2D eigenvalue weighted by atomic mass is 16.4. The molecule has 0 aliphatic carbocycles. The zero-order valence-corrected chi connectivity index (χ0v) is 7.07. The number of aryl methyl sites for hydroxylation is 2. The van der Waals surface area contributed by atoms with Crippen molar-refractivity contribution in [2.45, 2.75) is 13.8 Å². The van der Waals surface area contributed by atoms with E-state index in [0.29, 0.717) is 16.6 Å². The summed E-state index contributed by atoms with van der Waals surface area (Å²) in [6, 6.07) is 3.00. The minimum Gasteiger partial charge on any atom is -0.508 e. The maximum atomic E-state index is 9.14. The van der Waals surface area contributed by atoms with Crippen molar-refractivity contribution in [2.24, 2.45) is 0 Å². The topological polar surface area (TPSA) is 60.7 Å². The van der Waals surface area contributed by atoms with Gasteiger partial charge in [0.1, 0.15) is 5.75 Å². The van der Waals surface area contributed by atoms with Crippen molar-refractivity contribution in [1.29, 1.82) is 0 Å². The molecule has 64 valence electrons. The molecule has 12 heavy (non-hydrogen) atoms. The van der Waals surface area contributed by atoms with E-state index in [4.69, 9.17) is 15.2 Å². The van der Waals surface area contributed by atoms with E-state index >= 15 is 0 Å². The highest BCUT2D eigenvalue weighted by Crippen LogP contribution is 2.12. The third kappa shape index (κ3) is 1.60. The molecule has 0 fully saturated rings. The van der Waals surface area contributed by atoms with Crippen molar-refractivity contribution in [3.8, 4) is 5.75 Å². The molecule has 1 aromatic rings. The lowest BCUT2D eigenvalue weighted by Crippen LogP contribution is -2.34. The van der Waals surface area contributed by atoms with Crippen molar-refractivity contribution in [3.05, 3.63) is 23.3 Å². The largest absolute Gasteiger partial charge is 0.508 e. The molecule has 3 N–H and O–H groups in total. The molecule has 1 aromatic carbocycles. The molecule has 0 amide bonds. The van der Waals surface area contributed by atoms with Crippen LogP contribution in [-0.4, -0.2) is 22.3 Å². The smallest absolute Gasteiger partial charge is 0.488 e. The van der Waals surface area contributed by atoms with Gasteiger partial charge >= 0.3 is 7.12 Å². The second kappa shape index (κ2) is 3.17. The van der Waals surface area contributed by atoms with Crippen molar-refractivity contribution >= 4 is 12.6 Å². The van der Waals surface area contributed by atoms with Gasteiger partial charge < -0.3 is 15.2 Å². The second-order valence-electron chi connectivity index (χ2n) is 2.87. The Morgan fingerprint density at radius 3 is 1.83 bits per heavy atom. The average Bonchev–Trinajstić information content (AvgIpc) is 1.82. The van der Waals surface area contributed by atoms with E-state index < -0.39 is 7.12 Å². The number of rotatable bonds is 1. The van der Waals surface area contributed by atoms with Gasteiger partial charge in [-0.3, -0.25) is 0 Å². The Morgan fingerprint density at radius 1 is 1.08 bits per heavy atom. The first-order chi connectivity index (χ1) is 5.52. The van der Waals surface area contributed by atoms with Gasteiger partial charge in [0.2, 0.25) is 0 Å². The maximum Gasteiger partial charge on any atom is 0.488 e. The van der Waals surface area contributed by atoms with Gasteiger partial charge in [-0.15, -0.1) is 0 Å². The van der Waals surface area contributed by atoms with Gasteiger partial charge in [0.15, 0.2) is 0 Å². The van der Waals surface area contributed by atoms with Crippen LogP contribution in [0.1, 0.15) is 11.1 Å². The van der Waals surface area contributed by atoms with E-state index in [1.165, 1.54) is 12.1 Å². The molecule has 0 saturated heterocycles. The molecule has 1 rings (SSSR count). The van der Waals surface area contributed by atoms with E-state index in [0.717, 1.165) is 0 Å². The zero-order valence-electron chi connectivity index (χ0n) is 7.07. The molecule has 4 heteroatoms. The number of benzene rings is 1. The Balaban J connectivity index is 3.28. The van der Waals surface area contributed by atoms with Gasteiger partial charge in [-0.2, -0.15) is 0 Å². The molecule has 0 saturated carbocycles. The van der Waals surface area contributed by atoms with Crippen molar-refractivity contribution in [2.75, 3.05) is 0 Å². The van der Waals surface area contributed by atoms with Gasteiger partial charge in [0.25, 0.3) is 0 Å². The molecular formula is C8H11BO3. The normalized spacial score (nSPS) is 10.0. The minimum absolute atomic E-state index is 0.148. The number of hydrogen-bond donors (Lipinski definition) is 3. The molecule has 0 aliphatic rings. The van der Waals surface area contributed by atoms with Gasteiger partial charge in [-0.05, 0) is 42.6 Å². The summed E-state index contributed by atoms with van der Waals surface area (Å²) in [4.78, 5) is 0. The Hall–Kier alpha value is -0.995. The maximum absolute atomic E-state index is 9.14. The van der Waals surface area contributed by atoms with Crippen LogP contribution in [0.15, 0.2) is 12.1 Å². The van der Waals surface area contributed by atoms with E-state index in [-0.39, 0.29) is 5.75 Å². The molecule has 0 aliphatic heterocycles. The van der Waals surface area contributed by atoms with Gasteiger partial charge in [0.05, 0.1) is 0 Å². The summed E-state index contributed by atoms with van der Waals surface area (Å²) in [5.41, 5.74) is 1.83. The van der Waals surface area contributed by atoms with E-state index in [2.05, 4.69) is 0 Å². The van der Waals surface area contributed by atoms with Crippen molar-refractivity contribution in [3.63, 3.8) is 0 Å². The van der Waals surface area contributed by atoms with Crippen LogP contribution in [0.5, 0.6) is 5.75 Å². The van der Waals surface area contributed by atoms with Crippen LogP contribution < -0.4 is 5.46 Å². The molecule has 0 bridgehead atoms. The highest BCUT2D eigenvalue weighted by molar-refractivity contribution is 6.59. The van der Waals surface area contributed by atoms with Crippen molar-refractivity contribution in [1.82, 2.24) is 0 Å². The van der Waals surface area contributed by atoms with Crippen LogP contribution in [0.25, 0.3) is 0 Å². The van der Waals surface area contributed by atoms with Gasteiger partial charge in [-0.1, -0.05) is 0 Å². The van der Waals surface area contributed by atoms with Gasteiger partial charge in [-0.25, -0.2) is 0 Å². The monoisotopic (exact) mass is 166 g/mol. The highest BCUT2D eigenvalue weighted by Gasteiger charge is 2.16. The predicted molar refractivity (Wildman–Crippen MR) is 47.4 cm³/mol. The summed E-state index contributed by atoms with van der Waals surface area (Å²) in [7, 11) is -1.47. The van der Waals surface area contributed by atoms with Crippen LogP contribution in [-0.2, 0) is 0 Å². The molecule has 0 unspecified atom stereocenters. The molecule has 0 radical (unpaired) electrons. The molecule has 0 atom stereocenters. The lowest BCUT2D eigenvalue weighted by atomic mass is 9.74. The fourth-order valence-electron chi connectivity index (χ4n) is 1.36. The Kier molecular flexibility index (Phi) is 2.40. The SMILES string of the molecule is Cc1cc(O)cc(C)c1B(O)O. The molecule has 0 aromatic heterocycles. The predicted octanol–water partition coefficient (Wildman–Crippen LogP) is -0.311. The third-order valence-electron chi connectivity index (χ3n) is 1.84. The summed E-state index contributed by atoms with van der Waals surface area (Å²) in [6.07, 6.45) is 0. The van der Waals surface area contributed by atoms with Crippen LogP contribution in [0.3, 0.4) is 0 Å². The average molecular weight is 166 g/mol. The Morgan fingerprint density at radius 2 is 1.50 bits per heavy atom. The van der Waals surface area contributed by atoms with Gasteiger partial charge in [0, 0.05) is 0 Å². The number of phenols is 1. The van der Waals surface area contributed by atoms with Crippen LogP contribution in [0.4, 0.5) is 0 Å². The Labute approximate surface area is 71.4 Å². The quantitative estimate of drug-likeness (QED) is 0.501. The fraction of sp³-hybridized carbons (Fsp3) is 0.250. The lowest BCUT2D eigenvalue weighted by molar-refractivity contribution is 0.425. The summed E-state index contributed by atoms with van der Waals surface area (Å²) in [5, 5.41) is 27.0. The van der Waals surface area contributed by atoms with Crippen molar-refractivity contribution < 1.29 is 15.2 Å². The number of hydrogen-bond acceptors (Lipinski definition) is 3. The molecular weight excluding hydrogens is 155 g/mol. The van der Waals surface area contributed by atoms with E-state index in [1.54, 1.807) is 13.8 Å². The van der Waals surface area contributed by atoms with Crippen LogP contribution in [0, 0.1) is 13.8 Å². The number of aromatic hydroxyl groups is 1. The van der Waals surface area contributed by atoms with E-state index in [9.17, 15) is 0 Å². The summed E-state index contributed by atoms with van der Waals surface area (Å²) < 4.78 is 0. The first kappa shape index (κ1) is 9.10. The van der Waals surface area contributed by atoms with Crippen LogP contribution >= 0.6 is 0 Å². The Bertz CT molecular complexity index is 273. The zero-order chi connectivity index (χ0) is 9.30. The molecule has 0 heterocycles.